The van der Waals surface area contributed by atoms with Crippen molar-refractivity contribution in [1.82, 2.24) is 0 Å². The summed E-state index contributed by atoms with van der Waals surface area (Å²) in [6, 6.07) is 6.89. The number of aromatic carboxylic acids is 1. The van der Waals surface area contributed by atoms with Crippen molar-refractivity contribution in [3.05, 3.63) is 49.2 Å². The van der Waals surface area contributed by atoms with Crippen LogP contribution in [0, 0.1) is 13.8 Å². The van der Waals surface area contributed by atoms with Gasteiger partial charge in [0, 0.05) is 5.97 Å². The molecule has 0 aliphatic carbocycles. The molecule has 0 bridgehead atoms. The van der Waals surface area contributed by atoms with Gasteiger partial charge in [0.2, 0.25) is 0 Å². The van der Waals surface area contributed by atoms with Gasteiger partial charge in [0.1, 0.15) is 0 Å². The Balaban J connectivity index is -0.000000234. The normalized spacial score (nSPS) is 9.42. The van der Waals surface area contributed by atoms with E-state index in [4.69, 9.17) is 0 Å². The fourth-order valence-electron chi connectivity index (χ4n) is 3.12. The molecule has 5 heteroatoms. The zero-order valence-corrected chi connectivity index (χ0v) is 28.1. The predicted octanol–water partition coefficient (Wildman–Crippen LogP) is 7.69. The molecule has 0 heterocycles. The molecule has 1 aromatic carbocycles. The number of hydrogen-bond acceptors (Lipinski definition) is 4. The standard InChI is InChI=1S/C14H28O2.C11H14O2.2C4H9.Sn/c1-2-3-4-5-6-7-8-9-10-11-12-13-14(15)16;1-2-3-4-9-5-7-10(8-6-9)11(12)13;2*1-3-4-2;/h2-13H2,1H3,(H,15,16);5-8H,2-4H2,1H3,(H,12,13);2*1,3-4H2,2H3;/q;;;;+2/p-2. The zero-order chi connectivity index (χ0) is 28.6. The average Bonchev–Trinajstić information content (AvgIpc) is 2.91. The van der Waals surface area contributed by atoms with Crippen molar-refractivity contribution < 1.29 is 19.8 Å². The quantitative estimate of drug-likeness (QED) is 0.122. The van der Waals surface area contributed by atoms with Gasteiger partial charge in [0.05, 0.1) is 5.97 Å². The molecular weight excluding hydrogens is 579 g/mol. The molecule has 0 unspecified atom stereocenters. The van der Waals surface area contributed by atoms with Crippen molar-refractivity contribution in [3.63, 3.8) is 0 Å². The Labute approximate surface area is 253 Å². The fourth-order valence-corrected chi connectivity index (χ4v) is 3.12. The number of carboxylic acid groups (broad SMARTS) is 2. The van der Waals surface area contributed by atoms with E-state index in [9.17, 15) is 19.8 Å². The van der Waals surface area contributed by atoms with E-state index in [2.05, 4.69) is 41.5 Å². The molecule has 0 aliphatic heterocycles. The summed E-state index contributed by atoms with van der Waals surface area (Å²) in [4.78, 5) is 20.6. The van der Waals surface area contributed by atoms with Crippen LogP contribution < -0.4 is 10.2 Å². The summed E-state index contributed by atoms with van der Waals surface area (Å²) in [5, 5.41) is 20.6. The Hall–Kier alpha value is -1.04. The first-order chi connectivity index (χ1) is 17.8. The summed E-state index contributed by atoms with van der Waals surface area (Å²) in [5.41, 5.74) is 1.44. The second-order valence-corrected chi connectivity index (χ2v) is 9.45. The third-order valence-corrected chi connectivity index (χ3v) is 5.70. The molecule has 1 rings (SSSR count). The number of unbranched alkanes of at least 4 members (excludes halogenated alkanes) is 13. The van der Waals surface area contributed by atoms with Gasteiger partial charge in [-0.2, -0.15) is 0 Å². The second kappa shape index (κ2) is 38.1. The van der Waals surface area contributed by atoms with Crippen LogP contribution in [0.2, 0.25) is 0 Å². The molecule has 0 spiro atoms. The average molecular weight is 638 g/mol. The number of hydrogen-bond donors (Lipinski definition) is 0. The molecule has 38 heavy (non-hydrogen) atoms. The van der Waals surface area contributed by atoms with E-state index in [0.717, 1.165) is 44.9 Å². The second-order valence-electron chi connectivity index (χ2n) is 9.45. The van der Waals surface area contributed by atoms with Crippen LogP contribution >= 0.6 is 0 Å². The van der Waals surface area contributed by atoms with Crippen molar-refractivity contribution in [2.24, 2.45) is 0 Å². The fraction of sp³-hybridized carbons (Fsp3) is 0.697. The molecule has 4 radical (unpaired) electrons. The van der Waals surface area contributed by atoms with E-state index in [-0.39, 0.29) is 35.9 Å². The van der Waals surface area contributed by atoms with E-state index in [1.165, 1.54) is 76.2 Å². The van der Waals surface area contributed by atoms with Crippen LogP contribution in [0.5, 0.6) is 0 Å². The van der Waals surface area contributed by atoms with Crippen LogP contribution in [-0.2, 0) is 11.2 Å². The zero-order valence-electron chi connectivity index (χ0n) is 25.3. The predicted molar refractivity (Wildman–Crippen MR) is 162 cm³/mol. The topological polar surface area (TPSA) is 80.3 Å². The number of carboxylic acids is 2. The number of carbonyl (C=O) groups excluding carboxylic acids is 2. The van der Waals surface area contributed by atoms with E-state index in [0.29, 0.717) is 0 Å². The smallest absolute Gasteiger partial charge is 0.550 e. The van der Waals surface area contributed by atoms with Crippen molar-refractivity contribution in [3.8, 4) is 0 Å². The third-order valence-electron chi connectivity index (χ3n) is 5.70. The largest absolute Gasteiger partial charge is 2.00 e. The number of rotatable bonds is 18. The summed E-state index contributed by atoms with van der Waals surface area (Å²) in [6.45, 7) is 15.8. The summed E-state index contributed by atoms with van der Waals surface area (Å²) in [6.07, 6.45) is 21.9. The Bertz CT molecular complexity index is 579. The van der Waals surface area contributed by atoms with Crippen molar-refractivity contribution in [2.75, 3.05) is 0 Å². The molecule has 218 valence electrons. The molecule has 0 aromatic heterocycles. The van der Waals surface area contributed by atoms with E-state index < -0.39 is 11.9 Å². The van der Waals surface area contributed by atoms with E-state index >= 15 is 0 Å². The van der Waals surface area contributed by atoms with Crippen LogP contribution in [0.15, 0.2) is 24.3 Å². The maximum Gasteiger partial charge on any atom is 2.00 e. The van der Waals surface area contributed by atoms with Gasteiger partial charge in [-0.05, 0) is 36.8 Å². The summed E-state index contributed by atoms with van der Waals surface area (Å²) < 4.78 is 0. The maximum atomic E-state index is 10.4. The minimum absolute atomic E-state index is 0. The summed E-state index contributed by atoms with van der Waals surface area (Å²) in [7, 11) is 0. The van der Waals surface area contributed by atoms with Gasteiger partial charge in [-0.1, -0.05) is 162 Å². The number of benzene rings is 1. The molecule has 0 saturated heterocycles. The van der Waals surface area contributed by atoms with Gasteiger partial charge < -0.3 is 19.8 Å². The summed E-state index contributed by atoms with van der Waals surface area (Å²) in [5.74, 6) is -2.02. The van der Waals surface area contributed by atoms with Crippen LogP contribution in [-0.4, -0.2) is 35.8 Å². The van der Waals surface area contributed by atoms with E-state index in [1.807, 2.05) is 12.1 Å². The van der Waals surface area contributed by atoms with E-state index in [1.54, 1.807) is 12.1 Å². The molecule has 0 atom stereocenters. The number of aryl methyl sites for hydroxylation is 1. The third kappa shape index (κ3) is 39.5. The number of aliphatic carboxylic acids is 1. The molecule has 0 amide bonds. The van der Waals surface area contributed by atoms with Crippen LogP contribution in [0.3, 0.4) is 0 Å². The number of carbonyl (C=O) groups is 2. The first-order valence-electron chi connectivity index (χ1n) is 14.9. The Morgan fingerprint density at radius 2 is 0.974 bits per heavy atom. The molecule has 1 aromatic rings. The monoisotopic (exact) mass is 638 g/mol. The SMILES string of the molecule is CCCCCCCCCCCCCC(=O)[O-].CCCCc1ccc(C(=O)[O-])cc1.[CH2]CCC.[CH2]CCC.[Sn+2]. The summed E-state index contributed by atoms with van der Waals surface area (Å²) >= 11 is 0. The van der Waals surface area contributed by atoms with Crippen molar-refractivity contribution >= 4 is 35.8 Å². The molecule has 0 saturated carbocycles. The van der Waals surface area contributed by atoms with Gasteiger partial charge in [-0.25, -0.2) is 0 Å². The first kappa shape index (κ1) is 44.0. The van der Waals surface area contributed by atoms with Crippen molar-refractivity contribution in [1.29, 1.82) is 0 Å². The Kier molecular flexibility index (Phi) is 44.1. The first-order valence-corrected chi connectivity index (χ1v) is 14.9. The molecular formula is C33H58O4Sn. The molecule has 4 nitrogen and oxygen atoms in total. The molecule has 0 N–H and O–H groups in total. The Morgan fingerprint density at radius 3 is 1.29 bits per heavy atom. The van der Waals surface area contributed by atoms with Crippen molar-refractivity contribution in [2.45, 2.75) is 150 Å². The maximum absolute atomic E-state index is 10.4. The van der Waals surface area contributed by atoms with Crippen LogP contribution in [0.4, 0.5) is 0 Å². The minimum atomic E-state index is -1.11. The van der Waals surface area contributed by atoms with Gasteiger partial charge in [0.25, 0.3) is 0 Å². The van der Waals surface area contributed by atoms with Crippen LogP contribution in [0.25, 0.3) is 0 Å². The van der Waals surface area contributed by atoms with Gasteiger partial charge >= 0.3 is 23.9 Å². The van der Waals surface area contributed by atoms with Gasteiger partial charge in [-0.3, -0.25) is 0 Å². The van der Waals surface area contributed by atoms with Gasteiger partial charge in [-0.15, -0.1) is 0 Å². The minimum Gasteiger partial charge on any atom is -0.550 e. The Morgan fingerprint density at radius 1 is 0.605 bits per heavy atom. The van der Waals surface area contributed by atoms with Crippen LogP contribution in [0.1, 0.15) is 159 Å². The van der Waals surface area contributed by atoms with Gasteiger partial charge in [0.15, 0.2) is 0 Å². The molecule has 0 fully saturated rings. The molecule has 0 aliphatic rings.